The van der Waals surface area contributed by atoms with Crippen molar-refractivity contribution in [3.8, 4) is 16.9 Å². The van der Waals surface area contributed by atoms with Crippen molar-refractivity contribution in [3.05, 3.63) is 102 Å². The van der Waals surface area contributed by atoms with Gasteiger partial charge in [-0.1, -0.05) is 48.5 Å². The molecule has 1 amide bonds. The van der Waals surface area contributed by atoms with Crippen LogP contribution in [-0.2, 0) is 4.74 Å². The summed E-state index contributed by atoms with van der Waals surface area (Å²) in [6.45, 7) is 1.83. The summed E-state index contributed by atoms with van der Waals surface area (Å²) in [6.07, 6.45) is 1.73. The molecule has 0 saturated heterocycles. The van der Waals surface area contributed by atoms with Gasteiger partial charge in [-0.15, -0.1) is 0 Å². The SMILES string of the molecule is COC(=O)c1ccc(NC(=O)c2cn(-c3ccccc3)nc2-c2ccccc2)c(C)c1. The summed E-state index contributed by atoms with van der Waals surface area (Å²) in [7, 11) is 1.34. The van der Waals surface area contributed by atoms with Crippen LogP contribution in [0.3, 0.4) is 0 Å². The molecule has 0 unspecified atom stereocenters. The lowest BCUT2D eigenvalue weighted by Crippen LogP contribution is -2.13. The molecule has 6 nitrogen and oxygen atoms in total. The zero-order valence-electron chi connectivity index (χ0n) is 17.2. The summed E-state index contributed by atoms with van der Waals surface area (Å²) in [5, 5.41) is 7.62. The fourth-order valence-electron chi connectivity index (χ4n) is 3.30. The number of nitrogens with one attached hydrogen (secondary N) is 1. The van der Waals surface area contributed by atoms with Gasteiger partial charge in [0.15, 0.2) is 0 Å². The van der Waals surface area contributed by atoms with Crippen molar-refractivity contribution >= 4 is 17.6 Å². The van der Waals surface area contributed by atoms with Crippen LogP contribution < -0.4 is 5.32 Å². The standard InChI is InChI=1S/C25H21N3O3/c1-17-15-19(25(30)31-2)13-14-22(17)26-24(29)21-16-28(20-11-7-4-8-12-20)27-23(21)18-9-5-3-6-10-18/h3-16H,1-2H3,(H,26,29). The van der Waals surface area contributed by atoms with Crippen molar-refractivity contribution in [2.75, 3.05) is 12.4 Å². The van der Waals surface area contributed by atoms with Crippen molar-refractivity contribution in [1.29, 1.82) is 0 Å². The number of aryl methyl sites for hydroxylation is 1. The first kappa shape index (κ1) is 20.1. The number of nitrogens with zero attached hydrogens (tertiary/aromatic N) is 2. The van der Waals surface area contributed by atoms with E-state index in [0.717, 1.165) is 16.8 Å². The summed E-state index contributed by atoms with van der Waals surface area (Å²) >= 11 is 0. The molecule has 0 aliphatic heterocycles. The second-order valence-corrected chi connectivity index (χ2v) is 7.01. The van der Waals surface area contributed by atoms with Gasteiger partial charge in [-0.25, -0.2) is 9.48 Å². The lowest BCUT2D eigenvalue weighted by molar-refractivity contribution is 0.0600. The Labute approximate surface area is 180 Å². The monoisotopic (exact) mass is 411 g/mol. The van der Waals surface area contributed by atoms with Crippen molar-refractivity contribution in [1.82, 2.24) is 9.78 Å². The normalized spacial score (nSPS) is 10.5. The van der Waals surface area contributed by atoms with Gasteiger partial charge >= 0.3 is 5.97 Å². The van der Waals surface area contributed by atoms with Crippen LogP contribution in [0.2, 0.25) is 0 Å². The van der Waals surface area contributed by atoms with Crippen LogP contribution in [0.15, 0.2) is 85.1 Å². The van der Waals surface area contributed by atoms with Gasteiger partial charge in [0.25, 0.3) is 5.91 Å². The van der Waals surface area contributed by atoms with Gasteiger partial charge in [-0.05, 0) is 42.8 Å². The van der Waals surface area contributed by atoms with Crippen LogP contribution in [-0.4, -0.2) is 28.8 Å². The van der Waals surface area contributed by atoms with E-state index in [1.807, 2.05) is 67.6 Å². The van der Waals surface area contributed by atoms with Gasteiger partial charge in [-0.3, -0.25) is 4.79 Å². The van der Waals surface area contributed by atoms with Crippen molar-refractivity contribution in [2.24, 2.45) is 0 Å². The molecule has 0 saturated carbocycles. The number of esters is 1. The molecule has 0 spiro atoms. The molecule has 154 valence electrons. The van der Waals surface area contributed by atoms with Crippen LogP contribution in [0.5, 0.6) is 0 Å². The lowest BCUT2D eigenvalue weighted by Gasteiger charge is -2.10. The molecule has 4 aromatic rings. The van der Waals surface area contributed by atoms with E-state index in [0.29, 0.717) is 22.5 Å². The van der Waals surface area contributed by atoms with Gasteiger partial charge in [0, 0.05) is 17.4 Å². The van der Waals surface area contributed by atoms with Gasteiger partial charge in [-0.2, -0.15) is 5.10 Å². The maximum Gasteiger partial charge on any atom is 0.337 e. The number of carbonyl (C=O) groups excluding carboxylic acids is 2. The first-order valence-corrected chi connectivity index (χ1v) is 9.77. The Morgan fingerprint density at radius 3 is 2.26 bits per heavy atom. The minimum absolute atomic E-state index is 0.282. The molecule has 6 heteroatoms. The van der Waals surface area contributed by atoms with Crippen molar-refractivity contribution in [2.45, 2.75) is 6.92 Å². The highest BCUT2D eigenvalue weighted by molar-refractivity contribution is 6.08. The predicted octanol–water partition coefficient (Wildman–Crippen LogP) is 4.89. The Hall–Kier alpha value is -4.19. The number of aromatic nitrogens is 2. The van der Waals surface area contributed by atoms with Gasteiger partial charge in [0.05, 0.1) is 23.9 Å². The molecular weight excluding hydrogens is 390 g/mol. The maximum absolute atomic E-state index is 13.2. The highest BCUT2D eigenvalue weighted by Gasteiger charge is 2.19. The topological polar surface area (TPSA) is 73.2 Å². The van der Waals surface area contributed by atoms with Crippen LogP contribution in [0.25, 0.3) is 16.9 Å². The molecule has 3 aromatic carbocycles. The van der Waals surface area contributed by atoms with Crippen molar-refractivity contribution < 1.29 is 14.3 Å². The van der Waals surface area contributed by atoms with E-state index in [1.165, 1.54) is 7.11 Å². The average molecular weight is 411 g/mol. The summed E-state index contributed by atoms with van der Waals surface area (Å²) in [4.78, 5) is 25.0. The quantitative estimate of drug-likeness (QED) is 0.475. The molecule has 0 aliphatic carbocycles. The fourth-order valence-corrected chi connectivity index (χ4v) is 3.30. The molecule has 1 N–H and O–H groups in total. The van der Waals surface area contributed by atoms with E-state index in [1.54, 1.807) is 29.1 Å². The molecule has 31 heavy (non-hydrogen) atoms. The maximum atomic E-state index is 13.2. The Bertz CT molecular complexity index is 1230. The average Bonchev–Trinajstić information content (AvgIpc) is 3.27. The zero-order valence-corrected chi connectivity index (χ0v) is 17.2. The number of amides is 1. The Kier molecular flexibility index (Phi) is 5.62. The summed E-state index contributed by atoms with van der Waals surface area (Å²) < 4.78 is 6.45. The highest BCUT2D eigenvalue weighted by Crippen LogP contribution is 2.25. The van der Waals surface area contributed by atoms with Gasteiger partial charge in [0.1, 0.15) is 5.69 Å². The number of hydrogen-bond donors (Lipinski definition) is 1. The zero-order chi connectivity index (χ0) is 21.8. The molecule has 0 aliphatic rings. The number of para-hydroxylation sites is 1. The number of ether oxygens (including phenoxy) is 1. The van der Waals surface area contributed by atoms with E-state index in [4.69, 9.17) is 4.74 Å². The van der Waals surface area contributed by atoms with Crippen LogP contribution in [0.4, 0.5) is 5.69 Å². The molecule has 0 radical (unpaired) electrons. The molecule has 0 fully saturated rings. The highest BCUT2D eigenvalue weighted by atomic mass is 16.5. The minimum Gasteiger partial charge on any atom is -0.465 e. The largest absolute Gasteiger partial charge is 0.465 e. The molecule has 1 aromatic heterocycles. The third-order valence-electron chi connectivity index (χ3n) is 4.92. The van der Waals surface area contributed by atoms with Crippen LogP contribution in [0.1, 0.15) is 26.3 Å². The van der Waals surface area contributed by atoms with Crippen molar-refractivity contribution in [3.63, 3.8) is 0 Å². The number of anilines is 1. The fraction of sp³-hybridized carbons (Fsp3) is 0.0800. The second-order valence-electron chi connectivity index (χ2n) is 7.01. The summed E-state index contributed by atoms with van der Waals surface area (Å²) in [5.74, 6) is -0.702. The predicted molar refractivity (Wildman–Crippen MR) is 119 cm³/mol. The molecule has 4 rings (SSSR count). The smallest absolute Gasteiger partial charge is 0.337 e. The Morgan fingerprint density at radius 2 is 1.61 bits per heavy atom. The van der Waals surface area contributed by atoms with Gasteiger partial charge in [0.2, 0.25) is 0 Å². The molecular formula is C25H21N3O3. The third-order valence-corrected chi connectivity index (χ3v) is 4.92. The summed E-state index contributed by atoms with van der Waals surface area (Å²) in [6, 6.07) is 24.2. The molecule has 1 heterocycles. The van der Waals surface area contributed by atoms with Crippen LogP contribution in [0, 0.1) is 6.92 Å². The third kappa shape index (κ3) is 4.23. The van der Waals surface area contributed by atoms with E-state index in [9.17, 15) is 9.59 Å². The number of benzene rings is 3. The Morgan fingerprint density at radius 1 is 0.935 bits per heavy atom. The lowest BCUT2D eigenvalue weighted by atomic mass is 10.1. The minimum atomic E-state index is -0.420. The van der Waals surface area contributed by atoms with Crippen LogP contribution >= 0.6 is 0 Å². The van der Waals surface area contributed by atoms with E-state index in [2.05, 4.69) is 10.4 Å². The molecule has 0 bridgehead atoms. The number of rotatable bonds is 5. The molecule has 0 atom stereocenters. The number of methoxy groups -OCH3 is 1. The number of hydrogen-bond acceptors (Lipinski definition) is 4. The number of carbonyl (C=O) groups is 2. The van der Waals surface area contributed by atoms with E-state index >= 15 is 0 Å². The van der Waals surface area contributed by atoms with Gasteiger partial charge < -0.3 is 10.1 Å². The Balaban J connectivity index is 1.70. The second kappa shape index (κ2) is 8.67. The van der Waals surface area contributed by atoms with E-state index in [-0.39, 0.29) is 5.91 Å². The summed E-state index contributed by atoms with van der Waals surface area (Å²) in [5.41, 5.74) is 4.55. The first-order valence-electron chi connectivity index (χ1n) is 9.77. The van der Waals surface area contributed by atoms with E-state index < -0.39 is 5.97 Å². The first-order chi connectivity index (χ1) is 15.1.